The van der Waals surface area contributed by atoms with E-state index < -0.39 is 40.3 Å². The molecule has 3 aromatic rings. The van der Waals surface area contributed by atoms with Crippen molar-refractivity contribution in [2.24, 2.45) is 0 Å². The number of hydrogen-bond acceptors (Lipinski definition) is 3. The first-order valence-electron chi connectivity index (χ1n) is 7.57. The number of anilines is 1. The van der Waals surface area contributed by atoms with Gasteiger partial charge in [-0.1, -0.05) is 0 Å². The van der Waals surface area contributed by atoms with Gasteiger partial charge in [0.15, 0.2) is 17.4 Å². The summed E-state index contributed by atoms with van der Waals surface area (Å²) in [6.07, 6.45) is 0. The first-order valence-corrected chi connectivity index (χ1v) is 7.57. The average Bonchev–Trinajstić information content (AvgIpc) is 2.57. The number of aromatic nitrogens is 1. The standard InChI is InChI=1S/C19H13F3N2O2/c1-10-8-14(21)17(15(22)9-10)24-16(25)7-6-13(19(24)23)18(26)11-2-4-12(20)5-3-11/h2-9H,23H2,1H3. The van der Waals surface area contributed by atoms with Crippen molar-refractivity contribution < 1.29 is 18.0 Å². The normalized spacial score (nSPS) is 10.8. The van der Waals surface area contributed by atoms with Crippen LogP contribution >= 0.6 is 0 Å². The van der Waals surface area contributed by atoms with Crippen molar-refractivity contribution in [3.05, 3.63) is 93.0 Å². The molecule has 26 heavy (non-hydrogen) atoms. The summed E-state index contributed by atoms with van der Waals surface area (Å²) in [6.45, 7) is 1.50. The number of nitrogen functional groups attached to an aromatic ring is 1. The molecule has 0 bridgehead atoms. The van der Waals surface area contributed by atoms with E-state index in [9.17, 15) is 22.8 Å². The van der Waals surface area contributed by atoms with Crippen LogP contribution in [0, 0.1) is 24.4 Å². The van der Waals surface area contributed by atoms with Crippen molar-refractivity contribution in [3.8, 4) is 5.69 Å². The highest BCUT2D eigenvalue weighted by molar-refractivity contribution is 6.11. The molecule has 0 aliphatic heterocycles. The topological polar surface area (TPSA) is 65.1 Å². The van der Waals surface area contributed by atoms with Gasteiger partial charge in [0.1, 0.15) is 17.3 Å². The van der Waals surface area contributed by atoms with E-state index in [-0.39, 0.29) is 11.1 Å². The Hall–Kier alpha value is -3.35. The zero-order valence-corrected chi connectivity index (χ0v) is 13.6. The molecule has 1 heterocycles. The Kier molecular flexibility index (Phi) is 4.38. The van der Waals surface area contributed by atoms with Gasteiger partial charge in [-0.2, -0.15) is 0 Å². The van der Waals surface area contributed by atoms with Gasteiger partial charge in [-0.05, 0) is 55.0 Å². The van der Waals surface area contributed by atoms with Crippen LogP contribution in [0.4, 0.5) is 19.0 Å². The monoisotopic (exact) mass is 358 g/mol. The van der Waals surface area contributed by atoms with E-state index in [1.165, 1.54) is 25.1 Å². The molecule has 132 valence electrons. The first-order chi connectivity index (χ1) is 12.3. The van der Waals surface area contributed by atoms with E-state index in [0.29, 0.717) is 10.1 Å². The Labute approximate surface area is 146 Å². The lowest BCUT2D eigenvalue weighted by molar-refractivity contribution is 0.103. The zero-order chi connectivity index (χ0) is 19.0. The second-order valence-electron chi connectivity index (χ2n) is 5.72. The molecule has 2 N–H and O–H groups in total. The Morgan fingerprint density at radius 3 is 2.12 bits per heavy atom. The molecule has 0 saturated heterocycles. The van der Waals surface area contributed by atoms with E-state index in [0.717, 1.165) is 30.3 Å². The number of benzene rings is 2. The fourth-order valence-corrected chi connectivity index (χ4v) is 2.64. The molecule has 0 spiro atoms. The van der Waals surface area contributed by atoms with Crippen molar-refractivity contribution in [3.63, 3.8) is 0 Å². The minimum Gasteiger partial charge on any atom is -0.384 e. The number of nitrogens with zero attached hydrogens (tertiary/aromatic N) is 1. The SMILES string of the molecule is Cc1cc(F)c(-n2c(N)c(C(=O)c3ccc(F)cc3)ccc2=O)c(F)c1. The van der Waals surface area contributed by atoms with Gasteiger partial charge in [0.2, 0.25) is 0 Å². The summed E-state index contributed by atoms with van der Waals surface area (Å²) in [4.78, 5) is 24.8. The molecule has 3 rings (SSSR count). The Morgan fingerprint density at radius 1 is 0.962 bits per heavy atom. The number of halogens is 3. The predicted octanol–water partition coefficient (Wildman–Crippen LogP) is 3.38. The summed E-state index contributed by atoms with van der Waals surface area (Å²) in [5, 5.41) is 0. The maximum Gasteiger partial charge on any atom is 0.256 e. The molecular formula is C19H13F3N2O2. The number of aryl methyl sites for hydroxylation is 1. The number of carbonyl (C=O) groups excluding carboxylic acids is 1. The molecule has 4 nitrogen and oxygen atoms in total. The van der Waals surface area contributed by atoms with Gasteiger partial charge in [-0.15, -0.1) is 0 Å². The van der Waals surface area contributed by atoms with E-state index in [1.807, 2.05) is 0 Å². The van der Waals surface area contributed by atoms with Crippen LogP contribution in [-0.2, 0) is 0 Å². The lowest BCUT2D eigenvalue weighted by Crippen LogP contribution is -2.25. The van der Waals surface area contributed by atoms with E-state index in [2.05, 4.69) is 0 Å². The van der Waals surface area contributed by atoms with Gasteiger partial charge in [0, 0.05) is 11.6 Å². The van der Waals surface area contributed by atoms with Crippen molar-refractivity contribution >= 4 is 11.6 Å². The summed E-state index contributed by atoms with van der Waals surface area (Å²) in [7, 11) is 0. The van der Waals surface area contributed by atoms with Crippen LogP contribution in [0.5, 0.6) is 0 Å². The van der Waals surface area contributed by atoms with E-state index >= 15 is 0 Å². The van der Waals surface area contributed by atoms with Crippen molar-refractivity contribution in [2.45, 2.75) is 6.92 Å². The van der Waals surface area contributed by atoms with Gasteiger partial charge in [-0.3, -0.25) is 14.2 Å². The second kappa shape index (κ2) is 6.51. The van der Waals surface area contributed by atoms with Crippen molar-refractivity contribution in [2.75, 3.05) is 5.73 Å². The minimum atomic E-state index is -0.984. The molecule has 0 aliphatic rings. The Balaban J connectivity index is 2.21. The number of nitrogens with two attached hydrogens (primary N) is 1. The highest BCUT2D eigenvalue weighted by Gasteiger charge is 2.21. The third-order valence-electron chi connectivity index (χ3n) is 3.87. The summed E-state index contributed by atoms with van der Waals surface area (Å²) in [5.41, 5.74) is 4.76. The average molecular weight is 358 g/mol. The summed E-state index contributed by atoms with van der Waals surface area (Å²) >= 11 is 0. The lowest BCUT2D eigenvalue weighted by atomic mass is 10.0. The lowest BCUT2D eigenvalue weighted by Gasteiger charge is -2.15. The maximum absolute atomic E-state index is 14.3. The van der Waals surface area contributed by atoms with Crippen LogP contribution in [0.3, 0.4) is 0 Å². The summed E-state index contributed by atoms with van der Waals surface area (Å²) in [5.74, 6) is -3.51. The van der Waals surface area contributed by atoms with Crippen LogP contribution in [0.25, 0.3) is 5.69 Å². The fourth-order valence-electron chi connectivity index (χ4n) is 2.64. The van der Waals surface area contributed by atoms with Crippen molar-refractivity contribution in [1.29, 1.82) is 0 Å². The molecule has 0 atom stereocenters. The van der Waals surface area contributed by atoms with Gasteiger partial charge < -0.3 is 5.73 Å². The summed E-state index contributed by atoms with van der Waals surface area (Å²) < 4.78 is 42.2. The Bertz CT molecular complexity index is 1050. The molecule has 0 radical (unpaired) electrons. The van der Waals surface area contributed by atoms with Gasteiger partial charge >= 0.3 is 0 Å². The van der Waals surface area contributed by atoms with Crippen LogP contribution < -0.4 is 11.3 Å². The molecule has 0 saturated carbocycles. The molecule has 2 aromatic carbocycles. The third-order valence-corrected chi connectivity index (χ3v) is 3.87. The molecule has 0 amide bonds. The molecule has 1 aromatic heterocycles. The largest absolute Gasteiger partial charge is 0.384 e. The third kappa shape index (κ3) is 2.99. The second-order valence-corrected chi connectivity index (χ2v) is 5.72. The zero-order valence-electron chi connectivity index (χ0n) is 13.6. The van der Waals surface area contributed by atoms with E-state index in [4.69, 9.17) is 5.73 Å². The van der Waals surface area contributed by atoms with Crippen LogP contribution in [0.15, 0.2) is 53.3 Å². The van der Waals surface area contributed by atoms with Gasteiger partial charge in [-0.25, -0.2) is 13.2 Å². The van der Waals surface area contributed by atoms with Crippen LogP contribution in [0.2, 0.25) is 0 Å². The number of hydrogen-bond donors (Lipinski definition) is 1. The Morgan fingerprint density at radius 2 is 1.54 bits per heavy atom. The highest BCUT2D eigenvalue weighted by Crippen LogP contribution is 2.23. The molecular weight excluding hydrogens is 345 g/mol. The van der Waals surface area contributed by atoms with E-state index in [1.54, 1.807) is 0 Å². The van der Waals surface area contributed by atoms with Crippen LogP contribution in [0.1, 0.15) is 21.5 Å². The minimum absolute atomic E-state index is 0.119. The molecule has 0 aliphatic carbocycles. The predicted molar refractivity (Wildman–Crippen MR) is 90.9 cm³/mol. The molecule has 0 fully saturated rings. The smallest absolute Gasteiger partial charge is 0.256 e. The number of carbonyl (C=O) groups is 1. The molecule has 7 heteroatoms. The molecule has 0 unspecified atom stereocenters. The quantitative estimate of drug-likeness (QED) is 0.730. The first kappa shape index (κ1) is 17.5. The van der Waals surface area contributed by atoms with Gasteiger partial charge in [0.05, 0.1) is 5.56 Å². The van der Waals surface area contributed by atoms with Crippen molar-refractivity contribution in [1.82, 2.24) is 4.57 Å². The summed E-state index contributed by atoms with van der Waals surface area (Å²) in [6, 6.07) is 8.96. The highest BCUT2D eigenvalue weighted by atomic mass is 19.1. The maximum atomic E-state index is 14.3. The number of rotatable bonds is 3. The number of ketones is 1. The van der Waals surface area contributed by atoms with Crippen LogP contribution in [-0.4, -0.2) is 10.4 Å². The van der Waals surface area contributed by atoms with Gasteiger partial charge in [0.25, 0.3) is 5.56 Å². The fraction of sp³-hybridized carbons (Fsp3) is 0.0526. The number of pyridine rings is 1.